The molecule has 0 aliphatic heterocycles. The molecule has 12 heteroatoms. The van der Waals surface area contributed by atoms with Crippen molar-refractivity contribution in [3.05, 3.63) is 35.9 Å². The van der Waals surface area contributed by atoms with Crippen molar-refractivity contribution in [2.24, 2.45) is 0 Å². The van der Waals surface area contributed by atoms with Gasteiger partial charge in [0.1, 0.15) is 13.2 Å². The Hall–Kier alpha value is -2.45. The first-order chi connectivity index (χ1) is 22.1. The van der Waals surface area contributed by atoms with Gasteiger partial charge in [-0.1, -0.05) is 69.4 Å². The van der Waals surface area contributed by atoms with Crippen molar-refractivity contribution in [1.82, 2.24) is 0 Å². The third-order valence-electron chi connectivity index (χ3n) is 6.14. The van der Waals surface area contributed by atoms with Crippen LogP contribution in [-0.4, -0.2) is 123 Å². The van der Waals surface area contributed by atoms with Crippen LogP contribution in [0.25, 0.3) is 0 Å². The van der Waals surface area contributed by atoms with Gasteiger partial charge in [-0.05, 0) is 6.42 Å². The lowest BCUT2D eigenvalue weighted by Crippen LogP contribution is -2.20. The van der Waals surface area contributed by atoms with Crippen molar-refractivity contribution in [2.75, 3.05) is 106 Å². The molecule has 258 valence electrons. The van der Waals surface area contributed by atoms with Crippen LogP contribution in [0, 0.1) is 0 Å². The van der Waals surface area contributed by atoms with Crippen molar-refractivity contribution in [1.29, 1.82) is 0 Å². The number of hydrogen-bond donors (Lipinski definition) is 0. The van der Waals surface area contributed by atoms with Crippen LogP contribution < -0.4 is 0 Å². The number of ketones is 1. The molecule has 0 N–H and O–H groups in total. The standard InChI is InChI=1S/C33H54O12/c1-2-3-4-5-6-10-13-31(34)44-28-26-42-24-22-40-20-18-38-16-14-37-15-17-39-19-21-41-23-25-43-27-29-45-33(36)32(35)30-11-8-7-9-12-30/h7-9,11-12H,2-6,10,13-29H2,1H3. The Morgan fingerprint density at radius 3 is 1.29 bits per heavy atom. The van der Waals surface area contributed by atoms with Gasteiger partial charge in [-0.15, -0.1) is 0 Å². The van der Waals surface area contributed by atoms with Crippen LogP contribution >= 0.6 is 0 Å². The van der Waals surface area contributed by atoms with Gasteiger partial charge >= 0.3 is 11.9 Å². The lowest BCUT2D eigenvalue weighted by atomic mass is 10.1. The summed E-state index contributed by atoms with van der Waals surface area (Å²) >= 11 is 0. The maximum absolute atomic E-state index is 11.9. The maximum Gasteiger partial charge on any atom is 0.379 e. The molecule has 0 amide bonds. The fourth-order valence-corrected chi connectivity index (χ4v) is 3.72. The lowest BCUT2D eigenvalue weighted by Gasteiger charge is -2.09. The highest BCUT2D eigenvalue weighted by atomic mass is 16.6. The number of ether oxygens (including phenoxy) is 9. The summed E-state index contributed by atoms with van der Waals surface area (Å²) in [4.78, 5) is 35.2. The fourth-order valence-electron chi connectivity index (χ4n) is 3.72. The molecule has 0 atom stereocenters. The van der Waals surface area contributed by atoms with Crippen LogP contribution in [0.5, 0.6) is 0 Å². The van der Waals surface area contributed by atoms with E-state index in [2.05, 4.69) is 6.92 Å². The molecule has 0 fully saturated rings. The first-order valence-corrected chi connectivity index (χ1v) is 16.1. The third kappa shape index (κ3) is 26.5. The van der Waals surface area contributed by atoms with Crippen LogP contribution in [-0.2, 0) is 52.2 Å². The van der Waals surface area contributed by atoms with Gasteiger partial charge < -0.3 is 42.6 Å². The molecule has 0 saturated heterocycles. The molecular weight excluding hydrogens is 588 g/mol. The number of carbonyl (C=O) groups is 3. The van der Waals surface area contributed by atoms with Gasteiger partial charge in [0.05, 0.1) is 92.5 Å². The van der Waals surface area contributed by atoms with E-state index in [0.29, 0.717) is 97.9 Å². The number of rotatable bonds is 33. The Kier molecular flexibility index (Phi) is 28.4. The second-order valence-electron chi connectivity index (χ2n) is 9.86. The zero-order chi connectivity index (χ0) is 32.5. The van der Waals surface area contributed by atoms with Crippen LogP contribution in [0.3, 0.4) is 0 Å². The summed E-state index contributed by atoms with van der Waals surface area (Å²) in [5, 5.41) is 0. The Balaban J connectivity index is 1.70. The highest BCUT2D eigenvalue weighted by Gasteiger charge is 2.17. The van der Waals surface area contributed by atoms with Crippen molar-refractivity contribution in [2.45, 2.75) is 51.9 Å². The molecular formula is C33H54O12. The zero-order valence-electron chi connectivity index (χ0n) is 27.0. The maximum atomic E-state index is 11.9. The van der Waals surface area contributed by atoms with Gasteiger partial charge in [-0.2, -0.15) is 0 Å². The van der Waals surface area contributed by atoms with E-state index in [1.807, 2.05) is 0 Å². The van der Waals surface area contributed by atoms with Crippen LogP contribution in [0.2, 0.25) is 0 Å². The predicted molar refractivity (Wildman–Crippen MR) is 166 cm³/mol. The van der Waals surface area contributed by atoms with Gasteiger partial charge in [0.2, 0.25) is 0 Å². The first-order valence-electron chi connectivity index (χ1n) is 16.1. The smallest absolute Gasteiger partial charge is 0.379 e. The highest BCUT2D eigenvalue weighted by Crippen LogP contribution is 2.07. The molecule has 0 radical (unpaired) electrons. The SMILES string of the molecule is CCCCCCCCC(=O)OCCOCCOCCOCCOCCOCCOCCOCCOC(=O)C(=O)c1ccccc1. The molecule has 0 unspecified atom stereocenters. The monoisotopic (exact) mass is 642 g/mol. The Morgan fingerprint density at radius 1 is 0.467 bits per heavy atom. The molecule has 45 heavy (non-hydrogen) atoms. The summed E-state index contributed by atoms with van der Waals surface area (Å²) in [6.07, 6.45) is 7.37. The molecule has 1 aromatic carbocycles. The van der Waals surface area contributed by atoms with E-state index in [0.717, 1.165) is 12.8 Å². The second-order valence-corrected chi connectivity index (χ2v) is 9.86. The number of unbranched alkanes of at least 4 members (excludes halogenated alkanes) is 5. The number of hydrogen-bond acceptors (Lipinski definition) is 12. The summed E-state index contributed by atoms with van der Waals surface area (Å²) in [6.45, 7) is 8.25. The molecule has 0 heterocycles. The van der Waals surface area contributed by atoms with E-state index in [1.54, 1.807) is 30.3 Å². The average molecular weight is 643 g/mol. The zero-order valence-corrected chi connectivity index (χ0v) is 27.0. The molecule has 0 bridgehead atoms. The minimum Gasteiger partial charge on any atom is -0.463 e. The largest absolute Gasteiger partial charge is 0.463 e. The quantitative estimate of drug-likeness (QED) is 0.0478. The first kappa shape index (κ1) is 40.6. The Labute approximate surface area is 268 Å². The number of Topliss-reactive ketones (excluding diaryl/α,β-unsaturated/α-hetero) is 1. The molecule has 12 nitrogen and oxygen atoms in total. The molecule has 1 aromatic rings. The van der Waals surface area contributed by atoms with Crippen LogP contribution in [0.4, 0.5) is 0 Å². The molecule has 0 spiro atoms. The van der Waals surface area contributed by atoms with Gasteiger partial charge in [0.25, 0.3) is 5.78 Å². The molecule has 0 aromatic heterocycles. The minimum atomic E-state index is -0.898. The Morgan fingerprint density at radius 2 is 0.844 bits per heavy atom. The van der Waals surface area contributed by atoms with Crippen molar-refractivity contribution >= 4 is 17.7 Å². The van der Waals surface area contributed by atoms with Gasteiger partial charge in [-0.3, -0.25) is 9.59 Å². The van der Waals surface area contributed by atoms with Crippen LogP contribution in [0.1, 0.15) is 62.2 Å². The number of benzene rings is 1. The summed E-state index contributed by atoms with van der Waals surface area (Å²) in [7, 11) is 0. The molecule has 0 aliphatic carbocycles. The Bertz CT molecular complexity index is 836. The topological polar surface area (TPSA) is 134 Å². The summed E-state index contributed by atoms with van der Waals surface area (Å²) in [6, 6.07) is 8.25. The summed E-state index contributed by atoms with van der Waals surface area (Å²) in [5.74, 6) is -1.73. The van der Waals surface area contributed by atoms with Gasteiger partial charge in [0, 0.05) is 12.0 Å². The molecule has 0 saturated carbocycles. The predicted octanol–water partition coefficient (Wildman–Crippen LogP) is 3.82. The van der Waals surface area contributed by atoms with Crippen molar-refractivity contribution in [3.63, 3.8) is 0 Å². The van der Waals surface area contributed by atoms with E-state index < -0.39 is 11.8 Å². The molecule has 0 aliphatic rings. The number of esters is 2. The van der Waals surface area contributed by atoms with Gasteiger partial charge in [0.15, 0.2) is 0 Å². The number of carbonyl (C=O) groups excluding carboxylic acids is 3. The summed E-state index contributed by atoms with van der Waals surface area (Å²) < 4.78 is 48.0. The lowest BCUT2D eigenvalue weighted by molar-refractivity contribution is -0.145. The van der Waals surface area contributed by atoms with Crippen molar-refractivity contribution < 1.29 is 57.0 Å². The fraction of sp³-hybridized carbons (Fsp3) is 0.727. The average Bonchev–Trinajstić information content (AvgIpc) is 3.06. The van der Waals surface area contributed by atoms with Crippen molar-refractivity contribution in [3.8, 4) is 0 Å². The second kappa shape index (κ2) is 31.5. The highest BCUT2D eigenvalue weighted by molar-refractivity contribution is 6.40. The van der Waals surface area contributed by atoms with E-state index >= 15 is 0 Å². The van der Waals surface area contributed by atoms with E-state index in [1.165, 1.54) is 25.7 Å². The summed E-state index contributed by atoms with van der Waals surface area (Å²) in [5.41, 5.74) is 0.295. The molecule has 1 rings (SSSR count). The normalized spacial score (nSPS) is 11.0. The third-order valence-corrected chi connectivity index (χ3v) is 6.14. The van der Waals surface area contributed by atoms with E-state index in [9.17, 15) is 14.4 Å². The van der Waals surface area contributed by atoms with Crippen LogP contribution in [0.15, 0.2) is 30.3 Å². The van der Waals surface area contributed by atoms with E-state index in [4.69, 9.17) is 42.6 Å². The van der Waals surface area contributed by atoms with Gasteiger partial charge in [-0.25, -0.2) is 4.79 Å². The minimum absolute atomic E-state index is 0.00364. The van der Waals surface area contributed by atoms with E-state index in [-0.39, 0.29) is 25.8 Å².